The zero-order valence-corrected chi connectivity index (χ0v) is 29.2. The zero-order valence-electron chi connectivity index (χ0n) is 28.4. The first kappa shape index (κ1) is 30.4. The fraction of sp³-hybridized carbons (Fsp3) is 0. The lowest BCUT2D eigenvalue weighted by atomic mass is 9.99. The average molecular weight is 680 g/mol. The minimum absolute atomic E-state index is 1.11. The van der Waals surface area contributed by atoms with Crippen LogP contribution in [-0.2, 0) is 0 Å². The highest BCUT2D eigenvalue weighted by atomic mass is 32.1. The molecular formula is C50H33NS. The van der Waals surface area contributed by atoms with Crippen LogP contribution in [0, 0.1) is 0 Å². The van der Waals surface area contributed by atoms with Gasteiger partial charge in [0.2, 0.25) is 0 Å². The standard InChI is InChI=1S/C50H33NS/c1-2-12-36(13-3-1)44-17-8-9-20-48(44)51(42-27-23-35(24-28-42)41-22-21-34-11-4-5-14-38(34)31-41)43-29-25-37(26-30-43)45-18-10-19-46-47-32-39-15-6-7-16-40(39)33-49(47)52-50(45)46/h1-33H. The molecule has 0 fully saturated rings. The van der Waals surface area contributed by atoms with Crippen LogP contribution in [0.1, 0.15) is 0 Å². The van der Waals surface area contributed by atoms with Gasteiger partial charge in [0.05, 0.1) is 5.69 Å². The third kappa shape index (κ3) is 5.33. The number of para-hydroxylation sites is 1. The van der Waals surface area contributed by atoms with Gasteiger partial charge in [-0.1, -0.05) is 152 Å². The summed E-state index contributed by atoms with van der Waals surface area (Å²) in [6.45, 7) is 0. The number of rotatable bonds is 6. The maximum Gasteiger partial charge on any atom is 0.0540 e. The van der Waals surface area contributed by atoms with Gasteiger partial charge in [0, 0.05) is 37.1 Å². The zero-order chi connectivity index (χ0) is 34.4. The van der Waals surface area contributed by atoms with Crippen LogP contribution in [0.5, 0.6) is 0 Å². The summed E-state index contributed by atoms with van der Waals surface area (Å²) >= 11 is 1.89. The van der Waals surface area contributed by atoms with Crippen LogP contribution in [-0.4, -0.2) is 0 Å². The van der Waals surface area contributed by atoms with E-state index in [2.05, 4.69) is 205 Å². The van der Waals surface area contributed by atoms with Gasteiger partial charge in [-0.25, -0.2) is 0 Å². The second-order valence-corrected chi connectivity index (χ2v) is 14.4. The number of anilines is 3. The van der Waals surface area contributed by atoms with E-state index < -0.39 is 0 Å². The van der Waals surface area contributed by atoms with Gasteiger partial charge in [-0.05, 0) is 97.9 Å². The lowest BCUT2D eigenvalue weighted by Gasteiger charge is -2.28. The molecule has 0 unspecified atom stereocenters. The number of benzene rings is 9. The molecule has 52 heavy (non-hydrogen) atoms. The van der Waals surface area contributed by atoms with E-state index in [1.54, 1.807) is 0 Å². The van der Waals surface area contributed by atoms with Gasteiger partial charge in [0.1, 0.15) is 0 Å². The van der Waals surface area contributed by atoms with Crippen LogP contribution in [0.3, 0.4) is 0 Å². The number of hydrogen-bond donors (Lipinski definition) is 0. The first-order valence-corrected chi connectivity index (χ1v) is 18.6. The first-order chi connectivity index (χ1) is 25.8. The van der Waals surface area contributed by atoms with Crippen molar-refractivity contribution < 1.29 is 0 Å². The fourth-order valence-corrected chi connectivity index (χ4v) is 8.90. The summed E-state index contributed by atoms with van der Waals surface area (Å²) in [5.74, 6) is 0. The Morgan fingerprint density at radius 2 is 0.885 bits per heavy atom. The van der Waals surface area contributed by atoms with Crippen LogP contribution in [0.15, 0.2) is 200 Å². The molecule has 0 N–H and O–H groups in total. The number of nitrogens with zero attached hydrogens (tertiary/aromatic N) is 1. The maximum atomic E-state index is 2.39. The summed E-state index contributed by atoms with van der Waals surface area (Å²) in [5, 5.41) is 7.72. The summed E-state index contributed by atoms with van der Waals surface area (Å²) in [4.78, 5) is 2.39. The molecule has 10 rings (SSSR count). The molecule has 244 valence electrons. The molecule has 0 bridgehead atoms. The normalized spacial score (nSPS) is 11.5. The van der Waals surface area contributed by atoms with Crippen molar-refractivity contribution in [1.82, 2.24) is 0 Å². The Hall–Kier alpha value is -6.48. The number of thiophene rings is 1. The molecule has 0 aliphatic carbocycles. The monoisotopic (exact) mass is 679 g/mol. The minimum Gasteiger partial charge on any atom is -0.310 e. The second kappa shape index (κ2) is 12.7. The van der Waals surface area contributed by atoms with Gasteiger partial charge in [-0.3, -0.25) is 0 Å². The van der Waals surface area contributed by atoms with Crippen molar-refractivity contribution in [2.75, 3.05) is 4.90 Å². The average Bonchev–Trinajstić information content (AvgIpc) is 3.58. The molecule has 2 heteroatoms. The Kier molecular flexibility index (Phi) is 7.41. The smallest absolute Gasteiger partial charge is 0.0540 e. The second-order valence-electron chi connectivity index (χ2n) is 13.4. The van der Waals surface area contributed by atoms with Crippen LogP contribution < -0.4 is 4.90 Å². The van der Waals surface area contributed by atoms with Crippen LogP contribution in [0.2, 0.25) is 0 Å². The summed E-state index contributed by atoms with van der Waals surface area (Å²) in [6, 6.07) is 72.9. The Morgan fingerprint density at radius 1 is 0.327 bits per heavy atom. The summed E-state index contributed by atoms with van der Waals surface area (Å²) in [6.07, 6.45) is 0. The van der Waals surface area contributed by atoms with Gasteiger partial charge in [-0.2, -0.15) is 0 Å². The minimum atomic E-state index is 1.11. The predicted octanol–water partition coefficient (Wildman–Crippen LogP) is 14.8. The van der Waals surface area contributed by atoms with Crippen molar-refractivity contribution >= 4 is 70.1 Å². The molecular weight excluding hydrogens is 647 g/mol. The SMILES string of the molecule is c1ccc(-c2ccccc2N(c2ccc(-c3ccc4ccccc4c3)cc2)c2ccc(-c3cccc4c3sc3cc5ccccc5cc34)cc2)cc1. The van der Waals surface area contributed by atoms with E-state index in [1.807, 2.05) is 11.3 Å². The summed E-state index contributed by atoms with van der Waals surface area (Å²) < 4.78 is 2.66. The number of fused-ring (bicyclic) bond motifs is 5. The molecule has 1 heterocycles. The molecule has 0 radical (unpaired) electrons. The van der Waals surface area contributed by atoms with Crippen molar-refractivity contribution in [1.29, 1.82) is 0 Å². The highest BCUT2D eigenvalue weighted by Crippen LogP contribution is 2.44. The molecule has 0 aliphatic rings. The van der Waals surface area contributed by atoms with Gasteiger partial charge >= 0.3 is 0 Å². The molecule has 0 saturated heterocycles. The van der Waals surface area contributed by atoms with Crippen molar-refractivity contribution in [3.8, 4) is 33.4 Å². The quantitative estimate of drug-likeness (QED) is 0.169. The Balaban J connectivity index is 1.08. The highest BCUT2D eigenvalue weighted by Gasteiger charge is 2.18. The largest absolute Gasteiger partial charge is 0.310 e. The van der Waals surface area contributed by atoms with Crippen molar-refractivity contribution in [3.05, 3.63) is 200 Å². The van der Waals surface area contributed by atoms with Gasteiger partial charge in [-0.15, -0.1) is 11.3 Å². The van der Waals surface area contributed by atoms with E-state index in [9.17, 15) is 0 Å². The van der Waals surface area contributed by atoms with Crippen LogP contribution in [0.25, 0.3) is 75.1 Å². The predicted molar refractivity (Wildman–Crippen MR) is 225 cm³/mol. The van der Waals surface area contributed by atoms with Gasteiger partial charge in [0.25, 0.3) is 0 Å². The highest BCUT2D eigenvalue weighted by molar-refractivity contribution is 7.26. The van der Waals surface area contributed by atoms with Crippen molar-refractivity contribution in [2.24, 2.45) is 0 Å². The Labute approximate surface area is 307 Å². The van der Waals surface area contributed by atoms with Gasteiger partial charge in [0.15, 0.2) is 0 Å². The Morgan fingerprint density at radius 3 is 1.63 bits per heavy atom. The van der Waals surface area contributed by atoms with E-state index in [-0.39, 0.29) is 0 Å². The maximum absolute atomic E-state index is 2.39. The lowest BCUT2D eigenvalue weighted by Crippen LogP contribution is -2.11. The lowest BCUT2D eigenvalue weighted by molar-refractivity contribution is 1.28. The third-order valence-electron chi connectivity index (χ3n) is 10.2. The van der Waals surface area contributed by atoms with Crippen molar-refractivity contribution in [3.63, 3.8) is 0 Å². The molecule has 10 aromatic rings. The molecule has 9 aromatic carbocycles. The molecule has 1 nitrogen and oxygen atoms in total. The molecule has 0 aliphatic heterocycles. The van der Waals surface area contributed by atoms with Crippen LogP contribution >= 0.6 is 11.3 Å². The fourth-order valence-electron chi connectivity index (χ4n) is 7.63. The topological polar surface area (TPSA) is 3.24 Å². The number of hydrogen-bond acceptors (Lipinski definition) is 2. The van der Waals surface area contributed by atoms with Crippen molar-refractivity contribution in [2.45, 2.75) is 0 Å². The first-order valence-electron chi connectivity index (χ1n) is 17.8. The van der Waals surface area contributed by atoms with Crippen LogP contribution in [0.4, 0.5) is 17.1 Å². The van der Waals surface area contributed by atoms with E-state index in [0.717, 1.165) is 17.1 Å². The van der Waals surface area contributed by atoms with E-state index in [0.29, 0.717) is 0 Å². The molecule has 1 aromatic heterocycles. The summed E-state index contributed by atoms with van der Waals surface area (Å²) in [5.41, 5.74) is 10.6. The molecule has 0 saturated carbocycles. The molecule has 0 amide bonds. The van der Waals surface area contributed by atoms with E-state index in [4.69, 9.17) is 0 Å². The summed E-state index contributed by atoms with van der Waals surface area (Å²) in [7, 11) is 0. The molecule has 0 atom stereocenters. The Bertz CT molecular complexity index is 2890. The van der Waals surface area contributed by atoms with E-state index >= 15 is 0 Å². The third-order valence-corrected chi connectivity index (χ3v) is 11.4. The van der Waals surface area contributed by atoms with E-state index in [1.165, 1.54) is 75.1 Å². The molecule has 0 spiro atoms. The van der Waals surface area contributed by atoms with Gasteiger partial charge < -0.3 is 4.90 Å².